The molecule has 96 valence electrons. The van der Waals surface area contributed by atoms with E-state index in [1.165, 1.54) is 32.1 Å². The van der Waals surface area contributed by atoms with Gasteiger partial charge in [0.1, 0.15) is 0 Å². The molecule has 1 N–H and O–H groups in total. The van der Waals surface area contributed by atoms with Crippen molar-refractivity contribution in [3.8, 4) is 0 Å². The third kappa shape index (κ3) is 2.65. The zero-order valence-corrected chi connectivity index (χ0v) is 10.7. The lowest BCUT2D eigenvalue weighted by molar-refractivity contribution is -0.135. The van der Waals surface area contributed by atoms with E-state index in [0.717, 1.165) is 44.4 Å². The van der Waals surface area contributed by atoms with E-state index < -0.39 is 0 Å². The Kier molecular flexibility index (Phi) is 3.37. The van der Waals surface area contributed by atoms with Crippen molar-refractivity contribution >= 4 is 5.91 Å². The van der Waals surface area contributed by atoms with Crippen LogP contribution >= 0.6 is 0 Å². The fourth-order valence-electron chi connectivity index (χ4n) is 3.90. The van der Waals surface area contributed by atoms with Gasteiger partial charge in [-0.15, -0.1) is 0 Å². The molecule has 0 aromatic heterocycles. The number of rotatable bonds is 2. The van der Waals surface area contributed by atoms with Crippen molar-refractivity contribution in [3.63, 3.8) is 0 Å². The maximum absolute atomic E-state index is 12.3. The van der Waals surface area contributed by atoms with Crippen LogP contribution in [0.2, 0.25) is 0 Å². The minimum absolute atomic E-state index is 0.438. The highest BCUT2D eigenvalue weighted by Crippen LogP contribution is 2.30. The number of carbonyl (C=O) groups is 1. The minimum Gasteiger partial charge on any atom is -0.342 e. The highest BCUT2D eigenvalue weighted by molar-refractivity contribution is 5.76. The molecule has 3 rings (SSSR count). The second kappa shape index (κ2) is 4.97. The first-order valence-corrected chi connectivity index (χ1v) is 7.30. The van der Waals surface area contributed by atoms with Gasteiger partial charge in [0.05, 0.1) is 0 Å². The molecule has 0 spiro atoms. The van der Waals surface area contributed by atoms with Crippen molar-refractivity contribution in [2.24, 2.45) is 17.8 Å². The van der Waals surface area contributed by atoms with Crippen LogP contribution in [0.3, 0.4) is 0 Å². The SMILES string of the molecule is O=C(CC1CCCC1)N1C[C@@H]2CNC[C@@H](C2)C1. The Morgan fingerprint density at radius 1 is 1.12 bits per heavy atom. The third-order valence-corrected chi connectivity index (χ3v) is 4.78. The molecule has 2 saturated heterocycles. The molecule has 1 amide bonds. The number of hydrogen-bond acceptors (Lipinski definition) is 2. The van der Waals surface area contributed by atoms with Crippen LogP contribution in [0.15, 0.2) is 0 Å². The molecule has 3 aliphatic rings. The Morgan fingerprint density at radius 3 is 2.41 bits per heavy atom. The predicted octanol–water partition coefficient (Wildman–Crippen LogP) is 1.63. The lowest BCUT2D eigenvalue weighted by Gasteiger charge is -2.42. The summed E-state index contributed by atoms with van der Waals surface area (Å²) in [6.45, 7) is 4.25. The Morgan fingerprint density at radius 2 is 1.76 bits per heavy atom. The number of amides is 1. The van der Waals surface area contributed by atoms with E-state index in [9.17, 15) is 4.79 Å². The van der Waals surface area contributed by atoms with Crippen molar-refractivity contribution in [1.82, 2.24) is 10.2 Å². The van der Waals surface area contributed by atoms with E-state index in [1.807, 2.05) is 0 Å². The molecule has 0 unspecified atom stereocenters. The Bertz CT molecular complexity index is 274. The van der Waals surface area contributed by atoms with E-state index in [1.54, 1.807) is 0 Å². The van der Waals surface area contributed by atoms with Crippen LogP contribution in [-0.2, 0) is 4.79 Å². The first-order chi connectivity index (χ1) is 8.31. The topological polar surface area (TPSA) is 32.3 Å². The van der Waals surface area contributed by atoms with Gasteiger partial charge in [-0.1, -0.05) is 12.8 Å². The largest absolute Gasteiger partial charge is 0.342 e. The van der Waals surface area contributed by atoms with Crippen molar-refractivity contribution < 1.29 is 4.79 Å². The lowest BCUT2D eigenvalue weighted by Crippen LogP contribution is -2.52. The van der Waals surface area contributed by atoms with Crippen LogP contribution in [0.4, 0.5) is 0 Å². The average molecular weight is 236 g/mol. The summed E-state index contributed by atoms with van der Waals surface area (Å²) in [6, 6.07) is 0. The van der Waals surface area contributed by atoms with Crippen LogP contribution in [0, 0.1) is 17.8 Å². The number of nitrogens with one attached hydrogen (secondary N) is 1. The van der Waals surface area contributed by atoms with E-state index in [-0.39, 0.29) is 0 Å². The fraction of sp³-hybridized carbons (Fsp3) is 0.929. The van der Waals surface area contributed by atoms with E-state index >= 15 is 0 Å². The van der Waals surface area contributed by atoms with Gasteiger partial charge < -0.3 is 10.2 Å². The molecule has 3 nitrogen and oxygen atoms in total. The van der Waals surface area contributed by atoms with Gasteiger partial charge in [-0.2, -0.15) is 0 Å². The Labute approximate surface area is 104 Å². The maximum atomic E-state index is 12.3. The predicted molar refractivity (Wildman–Crippen MR) is 67.6 cm³/mol. The first-order valence-electron chi connectivity index (χ1n) is 7.30. The number of fused-ring (bicyclic) bond motifs is 2. The number of hydrogen-bond donors (Lipinski definition) is 1. The van der Waals surface area contributed by atoms with Gasteiger partial charge in [-0.05, 0) is 50.1 Å². The number of carbonyl (C=O) groups excluding carboxylic acids is 1. The zero-order chi connectivity index (χ0) is 11.7. The molecule has 2 aliphatic heterocycles. The zero-order valence-electron chi connectivity index (χ0n) is 10.7. The van der Waals surface area contributed by atoms with Gasteiger partial charge in [0.25, 0.3) is 0 Å². The van der Waals surface area contributed by atoms with Crippen LogP contribution in [0.5, 0.6) is 0 Å². The van der Waals surface area contributed by atoms with E-state index in [2.05, 4.69) is 10.2 Å². The summed E-state index contributed by atoms with van der Waals surface area (Å²) in [4.78, 5) is 14.5. The number of likely N-dealkylation sites (tertiary alicyclic amines) is 1. The summed E-state index contributed by atoms with van der Waals surface area (Å²) in [5.41, 5.74) is 0. The van der Waals surface area contributed by atoms with Gasteiger partial charge in [0, 0.05) is 19.5 Å². The standard InChI is InChI=1S/C14H24N2O/c17-14(6-11-3-1-2-4-11)16-9-12-5-13(10-16)8-15-7-12/h11-13,15H,1-10H2/t12-,13+. The summed E-state index contributed by atoms with van der Waals surface area (Å²) in [7, 11) is 0. The van der Waals surface area contributed by atoms with Gasteiger partial charge in [0.15, 0.2) is 0 Å². The van der Waals surface area contributed by atoms with Crippen LogP contribution < -0.4 is 5.32 Å². The van der Waals surface area contributed by atoms with Crippen molar-refractivity contribution in [1.29, 1.82) is 0 Å². The highest BCUT2D eigenvalue weighted by Gasteiger charge is 2.33. The monoisotopic (exact) mass is 236 g/mol. The van der Waals surface area contributed by atoms with Crippen molar-refractivity contribution in [2.45, 2.75) is 38.5 Å². The quantitative estimate of drug-likeness (QED) is 0.790. The smallest absolute Gasteiger partial charge is 0.222 e. The van der Waals surface area contributed by atoms with Gasteiger partial charge in [0.2, 0.25) is 5.91 Å². The summed E-state index contributed by atoms with van der Waals surface area (Å²) in [6.07, 6.45) is 7.41. The first kappa shape index (κ1) is 11.5. The fourth-order valence-corrected chi connectivity index (χ4v) is 3.90. The normalized spacial score (nSPS) is 34.0. The molecular formula is C14H24N2O. The number of nitrogens with zero attached hydrogens (tertiary/aromatic N) is 1. The summed E-state index contributed by atoms with van der Waals surface area (Å²) >= 11 is 0. The van der Waals surface area contributed by atoms with E-state index in [4.69, 9.17) is 0 Å². The molecule has 2 heterocycles. The average Bonchev–Trinajstić information content (AvgIpc) is 2.81. The second-order valence-corrected chi connectivity index (χ2v) is 6.28. The number of piperidine rings is 2. The van der Waals surface area contributed by atoms with Gasteiger partial charge >= 0.3 is 0 Å². The molecule has 2 atom stereocenters. The second-order valence-electron chi connectivity index (χ2n) is 6.28. The molecular weight excluding hydrogens is 212 g/mol. The molecule has 2 bridgehead atoms. The van der Waals surface area contributed by atoms with Crippen LogP contribution in [0.1, 0.15) is 38.5 Å². The lowest BCUT2D eigenvalue weighted by atomic mass is 9.85. The van der Waals surface area contributed by atoms with Crippen molar-refractivity contribution in [3.05, 3.63) is 0 Å². The summed E-state index contributed by atoms with van der Waals surface area (Å²) in [5.74, 6) is 2.57. The highest BCUT2D eigenvalue weighted by atomic mass is 16.2. The molecule has 0 aromatic carbocycles. The molecule has 0 aromatic rings. The third-order valence-electron chi connectivity index (χ3n) is 4.78. The molecule has 1 aliphatic carbocycles. The van der Waals surface area contributed by atoms with Crippen molar-refractivity contribution in [2.75, 3.05) is 26.2 Å². The molecule has 3 fully saturated rings. The summed E-state index contributed by atoms with van der Waals surface area (Å²) in [5, 5.41) is 3.48. The van der Waals surface area contributed by atoms with E-state index in [0.29, 0.717) is 11.8 Å². The molecule has 1 saturated carbocycles. The molecule has 17 heavy (non-hydrogen) atoms. The van der Waals surface area contributed by atoms with Crippen LogP contribution in [-0.4, -0.2) is 37.0 Å². The molecule has 0 radical (unpaired) electrons. The minimum atomic E-state index is 0.438. The summed E-state index contributed by atoms with van der Waals surface area (Å²) < 4.78 is 0. The van der Waals surface area contributed by atoms with Crippen LogP contribution in [0.25, 0.3) is 0 Å². The molecule has 3 heteroatoms. The maximum Gasteiger partial charge on any atom is 0.222 e. The Balaban J connectivity index is 1.54. The van der Waals surface area contributed by atoms with Gasteiger partial charge in [-0.3, -0.25) is 4.79 Å². The van der Waals surface area contributed by atoms with Gasteiger partial charge in [-0.25, -0.2) is 0 Å². The Hall–Kier alpha value is -0.570.